The number of ether oxygens (including phenoxy) is 2. The molecule has 1 aliphatic heterocycles. The van der Waals surface area contributed by atoms with E-state index in [0.29, 0.717) is 25.4 Å². The van der Waals surface area contributed by atoms with Gasteiger partial charge in [0.25, 0.3) is 0 Å². The second kappa shape index (κ2) is 13.3. The summed E-state index contributed by atoms with van der Waals surface area (Å²) in [7, 11) is 3.29. The van der Waals surface area contributed by atoms with E-state index in [1.807, 2.05) is 85.3 Å². The maximum Gasteiger partial charge on any atom is 0.240 e. The van der Waals surface area contributed by atoms with Crippen LogP contribution in [0.25, 0.3) is 16.9 Å². The summed E-state index contributed by atoms with van der Waals surface area (Å²) < 4.78 is 12.8. The molecule has 0 bridgehead atoms. The fourth-order valence-corrected chi connectivity index (χ4v) is 6.53. The number of para-hydroxylation sites is 1. The molecule has 0 fully saturated rings. The lowest BCUT2D eigenvalue weighted by molar-refractivity contribution is -0.122. The fourth-order valence-electron chi connectivity index (χ4n) is 5.31. The van der Waals surface area contributed by atoms with Crippen molar-refractivity contribution in [3.8, 4) is 22.7 Å². The van der Waals surface area contributed by atoms with Crippen LogP contribution in [0.5, 0.6) is 5.75 Å². The minimum Gasteiger partial charge on any atom is -0.496 e. The van der Waals surface area contributed by atoms with Crippen LogP contribution in [0.2, 0.25) is 0 Å². The molecule has 0 saturated carbocycles. The number of anilines is 1. The van der Waals surface area contributed by atoms with Crippen LogP contribution in [0.4, 0.5) is 5.82 Å². The number of carbonyl (C=O) groups excluding carboxylic acids is 2. The highest BCUT2D eigenvalue weighted by Gasteiger charge is 2.38. The van der Waals surface area contributed by atoms with E-state index >= 15 is 0 Å². The maximum absolute atomic E-state index is 13.9. The molecule has 1 N–H and O–H groups in total. The van der Waals surface area contributed by atoms with E-state index < -0.39 is 0 Å². The van der Waals surface area contributed by atoms with Crippen LogP contribution in [0.1, 0.15) is 33.9 Å². The fraction of sp³-hybridized carbons (Fsp3) is 0.303. The molecule has 1 aromatic heterocycles. The van der Waals surface area contributed by atoms with Crippen LogP contribution < -0.4 is 15.0 Å². The molecule has 2 heterocycles. The van der Waals surface area contributed by atoms with Crippen molar-refractivity contribution >= 4 is 29.4 Å². The molecule has 2 amide bonds. The number of nitrogens with zero attached hydrogens (tertiary/aromatic N) is 3. The van der Waals surface area contributed by atoms with Crippen LogP contribution in [0, 0.1) is 13.8 Å². The Balaban J connectivity index is 1.75. The van der Waals surface area contributed by atoms with Crippen LogP contribution >= 0.6 is 11.8 Å². The summed E-state index contributed by atoms with van der Waals surface area (Å²) in [5.74, 6) is 1.13. The zero-order valence-corrected chi connectivity index (χ0v) is 25.2. The minimum absolute atomic E-state index is 0.122. The Hall–Kier alpha value is -4.08. The molecular weight excluding hydrogens is 548 g/mol. The average Bonchev–Trinajstić information content (AvgIpc) is 3.32. The van der Waals surface area contributed by atoms with Gasteiger partial charge in [-0.15, -0.1) is 11.8 Å². The highest BCUT2D eigenvalue weighted by Crippen LogP contribution is 2.50. The lowest BCUT2D eigenvalue weighted by Gasteiger charge is -2.24. The van der Waals surface area contributed by atoms with Crippen molar-refractivity contribution in [2.45, 2.75) is 25.5 Å². The summed E-state index contributed by atoms with van der Waals surface area (Å²) in [5, 5.41) is 7.87. The summed E-state index contributed by atoms with van der Waals surface area (Å²) in [6, 6.07) is 24.0. The van der Waals surface area contributed by atoms with Gasteiger partial charge < -0.3 is 14.8 Å². The summed E-state index contributed by atoms with van der Waals surface area (Å²) in [5.41, 5.74) is 6.50. The third-order valence-electron chi connectivity index (χ3n) is 7.29. The van der Waals surface area contributed by atoms with Crippen molar-refractivity contribution in [2.75, 3.05) is 44.6 Å². The van der Waals surface area contributed by atoms with Crippen molar-refractivity contribution in [3.63, 3.8) is 0 Å². The zero-order chi connectivity index (χ0) is 29.6. The first-order valence-corrected chi connectivity index (χ1v) is 15.0. The Labute approximate surface area is 251 Å². The smallest absolute Gasteiger partial charge is 0.240 e. The van der Waals surface area contributed by atoms with Gasteiger partial charge in [0.1, 0.15) is 18.1 Å². The predicted octanol–water partition coefficient (Wildman–Crippen LogP) is 5.49. The van der Waals surface area contributed by atoms with Gasteiger partial charge in [-0.05, 0) is 38.0 Å². The summed E-state index contributed by atoms with van der Waals surface area (Å²) in [4.78, 5) is 28.7. The van der Waals surface area contributed by atoms with E-state index in [-0.39, 0.29) is 29.4 Å². The first-order chi connectivity index (χ1) is 20.4. The molecule has 0 radical (unpaired) electrons. The molecule has 0 saturated heterocycles. The number of aryl methyl sites for hydroxylation is 2. The van der Waals surface area contributed by atoms with Crippen molar-refractivity contribution in [3.05, 3.63) is 95.1 Å². The van der Waals surface area contributed by atoms with Crippen LogP contribution in [-0.4, -0.2) is 61.3 Å². The second-order valence-corrected chi connectivity index (χ2v) is 11.4. The number of methoxy groups -OCH3 is 2. The highest BCUT2D eigenvalue weighted by atomic mass is 32.2. The van der Waals surface area contributed by atoms with Gasteiger partial charge in [-0.3, -0.25) is 14.5 Å². The standard InChI is InChI=1S/C33H36N4O4S/c1-22-15-16-26(23(2)19-22)37-33-30(31(35-37)24-11-6-5-7-12-24)32(25-13-8-9-14-27(25)41-4)42-21-29(39)36(33)20-28(38)34-17-10-18-40-3/h5-9,11-16,19,32H,10,17-18,20-21H2,1-4H3,(H,34,38)/t32-/m0/s1. The Morgan fingerprint density at radius 3 is 2.55 bits per heavy atom. The quantitative estimate of drug-likeness (QED) is 0.248. The van der Waals surface area contributed by atoms with Crippen LogP contribution in [0.3, 0.4) is 0 Å². The molecule has 0 aliphatic carbocycles. The molecule has 0 spiro atoms. The molecule has 218 valence electrons. The maximum atomic E-state index is 13.9. The SMILES string of the molecule is COCCCNC(=O)CN1C(=O)CS[C@@H](c2ccccc2OC)c2c(-c3ccccc3)nn(-c3ccc(C)cc3C)c21. The number of carbonyl (C=O) groups is 2. The van der Waals surface area contributed by atoms with Gasteiger partial charge >= 0.3 is 0 Å². The lowest BCUT2D eigenvalue weighted by Crippen LogP contribution is -2.42. The van der Waals surface area contributed by atoms with Gasteiger partial charge in [0.2, 0.25) is 11.8 Å². The first-order valence-electron chi connectivity index (χ1n) is 14.0. The van der Waals surface area contributed by atoms with Gasteiger partial charge in [-0.2, -0.15) is 5.10 Å². The Morgan fingerprint density at radius 1 is 1.05 bits per heavy atom. The van der Waals surface area contributed by atoms with E-state index in [4.69, 9.17) is 14.6 Å². The molecule has 9 heteroatoms. The molecule has 4 aromatic rings. The molecular formula is C33H36N4O4S. The van der Waals surface area contributed by atoms with E-state index in [2.05, 4.69) is 11.4 Å². The van der Waals surface area contributed by atoms with E-state index in [9.17, 15) is 9.59 Å². The zero-order valence-electron chi connectivity index (χ0n) is 24.4. The molecule has 42 heavy (non-hydrogen) atoms. The van der Waals surface area contributed by atoms with Crippen LogP contribution in [-0.2, 0) is 14.3 Å². The summed E-state index contributed by atoms with van der Waals surface area (Å²) >= 11 is 1.52. The minimum atomic E-state index is -0.274. The Bertz CT molecular complexity index is 1570. The van der Waals surface area contributed by atoms with E-state index in [1.54, 1.807) is 19.1 Å². The molecule has 8 nitrogen and oxygen atoms in total. The lowest BCUT2D eigenvalue weighted by atomic mass is 9.99. The molecule has 1 atom stereocenters. The Kier molecular flexibility index (Phi) is 9.29. The third kappa shape index (κ3) is 6.07. The first kappa shape index (κ1) is 29.4. The number of aromatic nitrogens is 2. The van der Waals surface area contributed by atoms with Gasteiger partial charge in [0, 0.05) is 37.0 Å². The summed E-state index contributed by atoms with van der Waals surface area (Å²) in [6.45, 7) is 4.98. The second-order valence-electron chi connectivity index (χ2n) is 10.3. The summed E-state index contributed by atoms with van der Waals surface area (Å²) in [6.07, 6.45) is 0.686. The van der Waals surface area contributed by atoms with E-state index in [0.717, 1.165) is 44.9 Å². The van der Waals surface area contributed by atoms with E-state index in [1.165, 1.54) is 11.8 Å². The number of hydrogen-bond donors (Lipinski definition) is 1. The topological polar surface area (TPSA) is 85.7 Å². The Morgan fingerprint density at radius 2 is 1.81 bits per heavy atom. The normalized spacial score (nSPS) is 14.8. The van der Waals surface area contributed by atoms with Gasteiger partial charge in [-0.25, -0.2) is 4.68 Å². The number of benzene rings is 3. The average molecular weight is 585 g/mol. The van der Waals surface area contributed by atoms with Crippen molar-refractivity contribution in [1.82, 2.24) is 15.1 Å². The van der Waals surface area contributed by atoms with Gasteiger partial charge in [0.15, 0.2) is 0 Å². The number of amides is 2. The molecule has 1 aliphatic rings. The number of hydrogen-bond acceptors (Lipinski definition) is 6. The largest absolute Gasteiger partial charge is 0.496 e. The number of fused-ring (bicyclic) bond motifs is 1. The molecule has 3 aromatic carbocycles. The third-order valence-corrected chi connectivity index (χ3v) is 8.52. The van der Waals surface area contributed by atoms with Crippen LogP contribution in [0.15, 0.2) is 72.8 Å². The molecule has 0 unspecified atom stereocenters. The van der Waals surface area contributed by atoms with Crippen molar-refractivity contribution in [2.24, 2.45) is 0 Å². The van der Waals surface area contributed by atoms with Crippen molar-refractivity contribution in [1.29, 1.82) is 0 Å². The predicted molar refractivity (Wildman–Crippen MR) is 168 cm³/mol. The van der Waals surface area contributed by atoms with Gasteiger partial charge in [-0.1, -0.05) is 66.2 Å². The molecule has 5 rings (SSSR count). The number of thioether (sulfide) groups is 1. The monoisotopic (exact) mass is 584 g/mol. The highest BCUT2D eigenvalue weighted by molar-refractivity contribution is 8.00. The van der Waals surface area contributed by atoms with Gasteiger partial charge in [0.05, 0.1) is 29.5 Å². The number of rotatable bonds is 10. The number of nitrogens with one attached hydrogen (secondary N) is 1. The van der Waals surface area contributed by atoms with Crippen molar-refractivity contribution < 1.29 is 19.1 Å².